The molecule has 1 heterocycles. The molecule has 0 atom stereocenters. The van der Waals surface area contributed by atoms with E-state index in [0.29, 0.717) is 16.6 Å². The van der Waals surface area contributed by atoms with E-state index in [0.717, 1.165) is 17.0 Å². The van der Waals surface area contributed by atoms with E-state index >= 15 is 0 Å². The van der Waals surface area contributed by atoms with Crippen LogP contribution in [-0.2, 0) is 4.79 Å². The van der Waals surface area contributed by atoms with Crippen LogP contribution in [-0.4, -0.2) is 29.6 Å². The number of amides is 1. The average molecular weight is 338 g/mol. The molecule has 0 spiro atoms. The molecular weight excluding hydrogens is 320 g/mol. The van der Waals surface area contributed by atoms with Crippen molar-refractivity contribution in [2.75, 3.05) is 13.7 Å². The van der Waals surface area contributed by atoms with Crippen molar-refractivity contribution in [3.05, 3.63) is 65.1 Å². The number of rotatable bonds is 4. The summed E-state index contributed by atoms with van der Waals surface area (Å²) in [5.41, 5.74) is 1.81. The van der Waals surface area contributed by atoms with E-state index < -0.39 is 0 Å². The first-order valence-corrected chi connectivity index (χ1v) is 8.52. The van der Waals surface area contributed by atoms with E-state index in [4.69, 9.17) is 4.74 Å². The van der Waals surface area contributed by atoms with Crippen LogP contribution in [0.5, 0.6) is 5.75 Å². The molecule has 0 aromatic heterocycles. The van der Waals surface area contributed by atoms with Gasteiger partial charge in [-0.05, 0) is 54.6 Å². The summed E-state index contributed by atoms with van der Waals surface area (Å²) in [4.78, 5) is 19.6. The van der Waals surface area contributed by atoms with Crippen molar-refractivity contribution in [1.29, 1.82) is 0 Å². The van der Waals surface area contributed by atoms with Gasteiger partial charge < -0.3 is 4.74 Å². The highest BCUT2D eigenvalue weighted by Gasteiger charge is 2.32. The van der Waals surface area contributed by atoms with Crippen LogP contribution in [0.25, 0.3) is 6.08 Å². The van der Waals surface area contributed by atoms with Crippen LogP contribution >= 0.6 is 11.8 Å². The Morgan fingerprint density at radius 3 is 2.46 bits per heavy atom. The zero-order valence-electron chi connectivity index (χ0n) is 13.6. The van der Waals surface area contributed by atoms with Crippen LogP contribution in [0.15, 0.2) is 64.5 Å². The van der Waals surface area contributed by atoms with Crippen molar-refractivity contribution < 1.29 is 9.53 Å². The van der Waals surface area contributed by atoms with Crippen molar-refractivity contribution in [2.24, 2.45) is 4.99 Å². The van der Waals surface area contributed by atoms with Gasteiger partial charge in [0.15, 0.2) is 5.17 Å². The van der Waals surface area contributed by atoms with Crippen molar-refractivity contribution in [1.82, 2.24) is 4.90 Å². The number of aliphatic imine (C=N–C) groups is 1. The molecule has 24 heavy (non-hydrogen) atoms. The summed E-state index contributed by atoms with van der Waals surface area (Å²) < 4.78 is 5.15. The maximum Gasteiger partial charge on any atom is 0.266 e. The minimum atomic E-state index is -0.00128. The quantitative estimate of drug-likeness (QED) is 0.780. The lowest BCUT2D eigenvalue weighted by Crippen LogP contribution is -2.28. The molecule has 1 saturated heterocycles. The number of methoxy groups -OCH3 is 1. The number of benzene rings is 2. The molecule has 4 nitrogen and oxygen atoms in total. The summed E-state index contributed by atoms with van der Waals surface area (Å²) in [6.45, 7) is 2.54. The second kappa shape index (κ2) is 7.36. The first kappa shape index (κ1) is 16.3. The third kappa shape index (κ3) is 3.51. The first-order valence-electron chi connectivity index (χ1n) is 7.70. The smallest absolute Gasteiger partial charge is 0.266 e. The molecule has 1 fully saturated rings. The molecule has 0 bridgehead atoms. The van der Waals surface area contributed by atoms with Crippen molar-refractivity contribution >= 4 is 34.6 Å². The second-order valence-corrected chi connectivity index (χ2v) is 6.17. The van der Waals surface area contributed by atoms with E-state index in [1.165, 1.54) is 11.8 Å². The fourth-order valence-corrected chi connectivity index (χ4v) is 3.40. The maximum atomic E-state index is 12.6. The molecular formula is C19H18N2O2S. The summed E-state index contributed by atoms with van der Waals surface area (Å²) in [6, 6.07) is 17.3. The van der Waals surface area contributed by atoms with Crippen molar-refractivity contribution in [2.45, 2.75) is 6.92 Å². The number of ether oxygens (including phenoxy) is 1. The highest BCUT2D eigenvalue weighted by atomic mass is 32.2. The normalized spacial score (nSPS) is 17.8. The number of thioether (sulfide) groups is 1. The van der Waals surface area contributed by atoms with E-state index in [-0.39, 0.29) is 5.91 Å². The number of amidine groups is 1. The van der Waals surface area contributed by atoms with Crippen LogP contribution in [0.2, 0.25) is 0 Å². The van der Waals surface area contributed by atoms with Crippen LogP contribution < -0.4 is 4.74 Å². The van der Waals surface area contributed by atoms with Crippen LogP contribution in [0, 0.1) is 0 Å². The second-order valence-electron chi connectivity index (χ2n) is 5.16. The summed E-state index contributed by atoms with van der Waals surface area (Å²) in [7, 11) is 1.63. The molecule has 0 saturated carbocycles. The fraction of sp³-hybridized carbons (Fsp3) is 0.158. The Hall–Kier alpha value is -2.53. The van der Waals surface area contributed by atoms with Gasteiger partial charge in [0, 0.05) is 6.54 Å². The lowest BCUT2D eigenvalue weighted by atomic mass is 10.2. The van der Waals surface area contributed by atoms with E-state index in [9.17, 15) is 4.79 Å². The minimum Gasteiger partial charge on any atom is -0.497 e. The third-order valence-electron chi connectivity index (χ3n) is 3.60. The molecule has 5 heteroatoms. The zero-order chi connectivity index (χ0) is 16.9. The van der Waals surface area contributed by atoms with Gasteiger partial charge in [-0.3, -0.25) is 9.69 Å². The molecule has 0 aliphatic carbocycles. The number of hydrogen-bond donors (Lipinski definition) is 0. The van der Waals surface area contributed by atoms with E-state index in [2.05, 4.69) is 4.99 Å². The molecule has 0 unspecified atom stereocenters. The lowest BCUT2D eigenvalue weighted by molar-refractivity contribution is -0.122. The van der Waals surface area contributed by atoms with Gasteiger partial charge >= 0.3 is 0 Å². The molecule has 0 radical (unpaired) electrons. The molecule has 3 rings (SSSR count). The molecule has 1 amide bonds. The van der Waals surface area contributed by atoms with E-state index in [1.54, 1.807) is 12.0 Å². The zero-order valence-corrected chi connectivity index (χ0v) is 14.4. The Bertz CT molecular complexity index is 783. The average Bonchev–Trinajstić information content (AvgIpc) is 2.91. The molecule has 1 aliphatic rings. The molecule has 2 aromatic carbocycles. The largest absolute Gasteiger partial charge is 0.497 e. The minimum absolute atomic E-state index is 0.00128. The highest BCUT2D eigenvalue weighted by molar-refractivity contribution is 8.18. The predicted molar refractivity (Wildman–Crippen MR) is 99.5 cm³/mol. The standard InChI is InChI=1S/C19H18N2O2S/c1-3-21-18(22)17(13-14-7-5-4-6-8-14)24-19(21)20-15-9-11-16(23-2)12-10-15/h4-13H,3H2,1-2H3/b17-13+,20-19?. The van der Waals surface area contributed by atoms with Crippen LogP contribution in [0.4, 0.5) is 5.69 Å². The van der Waals surface area contributed by atoms with Crippen LogP contribution in [0.3, 0.4) is 0 Å². The highest BCUT2D eigenvalue weighted by Crippen LogP contribution is 2.34. The SMILES string of the molecule is CCN1C(=O)/C(=C\c2ccccc2)SC1=Nc1ccc(OC)cc1. The van der Waals surface area contributed by atoms with Gasteiger partial charge in [-0.2, -0.15) is 0 Å². The van der Waals surface area contributed by atoms with Crippen molar-refractivity contribution in [3.63, 3.8) is 0 Å². The summed E-state index contributed by atoms with van der Waals surface area (Å²) >= 11 is 1.41. The summed E-state index contributed by atoms with van der Waals surface area (Å²) in [5, 5.41) is 0.704. The fourth-order valence-electron chi connectivity index (χ4n) is 2.34. The van der Waals surface area contributed by atoms with Crippen molar-refractivity contribution in [3.8, 4) is 5.75 Å². The number of likely N-dealkylation sites (N-methyl/N-ethyl adjacent to an activating group) is 1. The summed E-state index contributed by atoms with van der Waals surface area (Å²) in [5.74, 6) is 0.782. The van der Waals surface area contributed by atoms with Gasteiger partial charge in [0.1, 0.15) is 5.75 Å². The van der Waals surface area contributed by atoms with Crippen LogP contribution in [0.1, 0.15) is 12.5 Å². The number of carbonyl (C=O) groups is 1. The van der Waals surface area contributed by atoms with Gasteiger partial charge in [0.25, 0.3) is 5.91 Å². The Morgan fingerprint density at radius 1 is 1.12 bits per heavy atom. The number of hydrogen-bond acceptors (Lipinski definition) is 4. The molecule has 1 aliphatic heterocycles. The predicted octanol–water partition coefficient (Wildman–Crippen LogP) is 4.32. The Labute approximate surface area is 145 Å². The van der Waals surface area contributed by atoms with Gasteiger partial charge in [-0.1, -0.05) is 30.3 Å². The summed E-state index contributed by atoms with van der Waals surface area (Å²) in [6.07, 6.45) is 1.91. The van der Waals surface area contributed by atoms with E-state index in [1.807, 2.05) is 67.6 Å². The lowest BCUT2D eigenvalue weighted by Gasteiger charge is -2.12. The van der Waals surface area contributed by atoms with Gasteiger partial charge in [0.2, 0.25) is 0 Å². The van der Waals surface area contributed by atoms with Gasteiger partial charge in [0.05, 0.1) is 17.7 Å². The molecule has 2 aromatic rings. The molecule has 122 valence electrons. The third-order valence-corrected chi connectivity index (χ3v) is 4.61. The Balaban J connectivity index is 1.89. The number of nitrogens with zero attached hydrogens (tertiary/aromatic N) is 2. The Morgan fingerprint density at radius 2 is 1.83 bits per heavy atom. The molecule has 0 N–H and O–H groups in total. The monoisotopic (exact) mass is 338 g/mol. The first-order chi connectivity index (χ1) is 11.7. The van der Waals surface area contributed by atoms with Gasteiger partial charge in [-0.15, -0.1) is 0 Å². The topological polar surface area (TPSA) is 41.9 Å². The van der Waals surface area contributed by atoms with Gasteiger partial charge in [-0.25, -0.2) is 4.99 Å². The number of carbonyl (C=O) groups excluding carboxylic acids is 1. The Kier molecular flexibility index (Phi) is 5.01. The maximum absolute atomic E-state index is 12.6.